The van der Waals surface area contributed by atoms with Crippen LogP contribution < -0.4 is 0 Å². The van der Waals surface area contributed by atoms with Crippen LogP contribution in [0.25, 0.3) is 0 Å². The number of rotatable bonds is 3. The molecule has 0 amide bonds. The molecule has 0 aliphatic carbocycles. The molecule has 1 rings (SSSR count). The molecule has 3 nitrogen and oxygen atoms in total. The lowest BCUT2D eigenvalue weighted by Crippen LogP contribution is -2.36. The average Bonchev–Trinajstić information content (AvgIpc) is 2.28. The molecule has 0 aliphatic heterocycles. The van der Waals surface area contributed by atoms with Gasteiger partial charge in [-0.3, -0.25) is 4.79 Å². The zero-order chi connectivity index (χ0) is 13.1. The van der Waals surface area contributed by atoms with Crippen molar-refractivity contribution in [1.82, 2.24) is 0 Å². The van der Waals surface area contributed by atoms with E-state index in [0.717, 1.165) is 7.11 Å². The molecule has 0 bridgehead atoms. The zero-order valence-corrected chi connectivity index (χ0v) is 8.94. The molecule has 0 heterocycles. The second kappa shape index (κ2) is 5.18. The minimum absolute atomic E-state index is 0.0141. The largest absolute Gasteiger partial charge is 0.468 e. The summed E-state index contributed by atoms with van der Waals surface area (Å²) >= 11 is 0. The predicted molar refractivity (Wildman–Crippen MR) is 53.0 cm³/mol. The molecular formula is C11H11F3O3. The Labute approximate surface area is 95.8 Å². The Balaban J connectivity index is 3.04. The molecule has 94 valence electrons. The Kier molecular flexibility index (Phi) is 4.11. The summed E-state index contributed by atoms with van der Waals surface area (Å²) in [5.74, 6) is -4.08. The van der Waals surface area contributed by atoms with Gasteiger partial charge in [0.25, 0.3) is 0 Å². The van der Waals surface area contributed by atoms with E-state index >= 15 is 0 Å². The molecular weight excluding hydrogens is 237 g/mol. The number of esters is 1. The van der Waals surface area contributed by atoms with Crippen molar-refractivity contribution >= 4 is 5.97 Å². The highest BCUT2D eigenvalue weighted by atomic mass is 19.4. The van der Waals surface area contributed by atoms with Gasteiger partial charge < -0.3 is 9.84 Å². The minimum atomic E-state index is -4.86. The Morgan fingerprint density at radius 3 is 2.24 bits per heavy atom. The number of alkyl halides is 3. The van der Waals surface area contributed by atoms with Crippen molar-refractivity contribution in [3.8, 4) is 0 Å². The maximum atomic E-state index is 12.6. The van der Waals surface area contributed by atoms with Gasteiger partial charge in [-0.25, -0.2) is 0 Å². The minimum Gasteiger partial charge on any atom is -0.468 e. The highest BCUT2D eigenvalue weighted by molar-refractivity contribution is 5.74. The van der Waals surface area contributed by atoms with Gasteiger partial charge in [-0.05, 0) is 5.56 Å². The van der Waals surface area contributed by atoms with E-state index < -0.39 is 24.2 Å². The van der Waals surface area contributed by atoms with E-state index in [1.807, 2.05) is 0 Å². The molecule has 0 radical (unpaired) electrons. The topological polar surface area (TPSA) is 46.5 Å². The molecule has 0 saturated heterocycles. The summed E-state index contributed by atoms with van der Waals surface area (Å²) in [4.78, 5) is 11.1. The first-order chi connectivity index (χ1) is 7.88. The summed E-state index contributed by atoms with van der Waals surface area (Å²) in [5, 5.41) is 9.60. The van der Waals surface area contributed by atoms with Gasteiger partial charge in [0.05, 0.1) is 7.11 Å². The molecule has 1 aromatic rings. The number of carbonyl (C=O) groups excluding carboxylic acids is 1. The van der Waals surface area contributed by atoms with Crippen LogP contribution in [0.15, 0.2) is 30.3 Å². The number of carbonyl (C=O) groups is 1. The van der Waals surface area contributed by atoms with E-state index in [4.69, 9.17) is 0 Å². The first kappa shape index (κ1) is 13.5. The van der Waals surface area contributed by atoms with E-state index in [1.54, 1.807) is 6.07 Å². The second-order valence-corrected chi connectivity index (χ2v) is 3.40. The summed E-state index contributed by atoms with van der Waals surface area (Å²) in [7, 11) is 0.846. The van der Waals surface area contributed by atoms with Gasteiger partial charge in [-0.15, -0.1) is 0 Å². The summed E-state index contributed by atoms with van der Waals surface area (Å²) in [6.45, 7) is 0. The first-order valence-corrected chi connectivity index (χ1v) is 4.75. The van der Waals surface area contributed by atoms with Crippen LogP contribution in [-0.2, 0) is 9.53 Å². The Hall–Kier alpha value is -1.56. The smallest absolute Gasteiger partial charge is 0.405 e. The summed E-state index contributed by atoms with van der Waals surface area (Å²) < 4.78 is 42.0. The van der Waals surface area contributed by atoms with Crippen LogP contribution in [0.3, 0.4) is 0 Å². The normalized spacial score (nSPS) is 15.1. The van der Waals surface area contributed by atoms with Crippen LogP contribution >= 0.6 is 0 Å². The van der Waals surface area contributed by atoms with Crippen LogP contribution in [0, 0.1) is 5.92 Å². The SMILES string of the molecule is COC(=O)[C@@H]([C@@H](O)c1ccccc1)C(F)(F)F. The standard InChI is InChI=1S/C11H11F3O3/c1-17-10(16)8(11(12,13)14)9(15)7-5-3-2-4-6-7/h2-6,8-9,15H,1H3/t8-,9+/m1/s1. The van der Waals surface area contributed by atoms with Crippen molar-refractivity contribution in [3.05, 3.63) is 35.9 Å². The lowest BCUT2D eigenvalue weighted by Gasteiger charge is -2.23. The van der Waals surface area contributed by atoms with Crippen LogP contribution in [0.4, 0.5) is 13.2 Å². The fourth-order valence-corrected chi connectivity index (χ4v) is 1.41. The number of methoxy groups -OCH3 is 1. The number of hydrogen-bond acceptors (Lipinski definition) is 3. The third-order valence-electron chi connectivity index (χ3n) is 2.26. The summed E-state index contributed by atoms with van der Waals surface area (Å²) in [6.07, 6.45) is -6.83. The quantitative estimate of drug-likeness (QED) is 0.833. The van der Waals surface area contributed by atoms with Gasteiger partial charge in [-0.1, -0.05) is 30.3 Å². The lowest BCUT2D eigenvalue weighted by molar-refractivity contribution is -0.214. The zero-order valence-electron chi connectivity index (χ0n) is 8.94. The maximum Gasteiger partial charge on any atom is 0.405 e. The number of aliphatic hydroxyl groups is 1. The number of ether oxygens (including phenoxy) is 1. The van der Waals surface area contributed by atoms with Gasteiger partial charge in [0.2, 0.25) is 0 Å². The second-order valence-electron chi connectivity index (χ2n) is 3.40. The molecule has 0 aromatic heterocycles. The highest BCUT2D eigenvalue weighted by Gasteiger charge is 2.50. The van der Waals surface area contributed by atoms with Crippen LogP contribution in [0.1, 0.15) is 11.7 Å². The van der Waals surface area contributed by atoms with Crippen LogP contribution in [-0.4, -0.2) is 24.4 Å². The van der Waals surface area contributed by atoms with Gasteiger partial charge in [0.1, 0.15) is 6.10 Å². The van der Waals surface area contributed by atoms with Crippen LogP contribution in [0.2, 0.25) is 0 Å². The monoisotopic (exact) mass is 248 g/mol. The molecule has 0 aliphatic rings. The Bertz CT molecular complexity index is 375. The lowest BCUT2D eigenvalue weighted by atomic mass is 9.95. The molecule has 0 unspecified atom stereocenters. The van der Waals surface area contributed by atoms with E-state index in [-0.39, 0.29) is 5.56 Å². The van der Waals surface area contributed by atoms with E-state index in [9.17, 15) is 23.1 Å². The van der Waals surface area contributed by atoms with Gasteiger partial charge in [-0.2, -0.15) is 13.2 Å². The average molecular weight is 248 g/mol. The fourth-order valence-electron chi connectivity index (χ4n) is 1.41. The number of benzene rings is 1. The Morgan fingerprint density at radius 2 is 1.82 bits per heavy atom. The number of aliphatic hydroxyl groups excluding tert-OH is 1. The number of hydrogen-bond donors (Lipinski definition) is 1. The van der Waals surface area contributed by atoms with Crippen molar-refractivity contribution in [2.45, 2.75) is 12.3 Å². The molecule has 1 aromatic carbocycles. The molecule has 0 saturated carbocycles. The van der Waals surface area contributed by atoms with Crippen molar-refractivity contribution < 1.29 is 27.8 Å². The van der Waals surface area contributed by atoms with Gasteiger partial charge in [0.15, 0.2) is 5.92 Å². The molecule has 6 heteroatoms. The van der Waals surface area contributed by atoms with E-state index in [1.165, 1.54) is 24.3 Å². The number of halogens is 3. The van der Waals surface area contributed by atoms with Crippen molar-refractivity contribution in [3.63, 3.8) is 0 Å². The third-order valence-corrected chi connectivity index (χ3v) is 2.26. The van der Waals surface area contributed by atoms with Crippen LogP contribution in [0.5, 0.6) is 0 Å². The Morgan fingerprint density at radius 1 is 1.29 bits per heavy atom. The third kappa shape index (κ3) is 3.20. The molecule has 2 atom stereocenters. The summed E-state index contributed by atoms with van der Waals surface area (Å²) in [5.41, 5.74) is 0.0141. The van der Waals surface area contributed by atoms with Crippen molar-refractivity contribution in [2.24, 2.45) is 5.92 Å². The molecule has 0 spiro atoms. The van der Waals surface area contributed by atoms with Crippen molar-refractivity contribution in [2.75, 3.05) is 7.11 Å². The fraction of sp³-hybridized carbons (Fsp3) is 0.364. The van der Waals surface area contributed by atoms with E-state index in [2.05, 4.69) is 4.74 Å². The summed E-state index contributed by atoms with van der Waals surface area (Å²) in [6, 6.07) is 7.17. The van der Waals surface area contributed by atoms with Gasteiger partial charge in [0, 0.05) is 0 Å². The highest BCUT2D eigenvalue weighted by Crippen LogP contribution is 2.36. The molecule has 0 fully saturated rings. The van der Waals surface area contributed by atoms with Crippen molar-refractivity contribution in [1.29, 1.82) is 0 Å². The molecule has 1 N–H and O–H groups in total. The van der Waals surface area contributed by atoms with Gasteiger partial charge >= 0.3 is 12.1 Å². The predicted octanol–water partition coefficient (Wildman–Crippen LogP) is 2.07. The van der Waals surface area contributed by atoms with E-state index in [0.29, 0.717) is 0 Å². The first-order valence-electron chi connectivity index (χ1n) is 4.75. The maximum absolute atomic E-state index is 12.6. The molecule has 17 heavy (non-hydrogen) atoms.